The van der Waals surface area contributed by atoms with Gasteiger partial charge in [-0.15, -0.1) is 0 Å². The van der Waals surface area contributed by atoms with E-state index < -0.39 is 23.1 Å². The number of hydrogen-bond donors (Lipinski definition) is 1. The van der Waals surface area contributed by atoms with Crippen molar-refractivity contribution >= 4 is 11.0 Å². The third-order valence-electron chi connectivity index (χ3n) is 4.03. The number of rotatable bonds is 2. The largest absolute Gasteiger partial charge is 0.508 e. The molecule has 0 fully saturated rings. The lowest BCUT2D eigenvalue weighted by molar-refractivity contribution is -0.154. The van der Waals surface area contributed by atoms with Crippen molar-refractivity contribution in [2.45, 2.75) is 32.4 Å². The number of aromatic hydroxyl groups is 1. The quantitative estimate of drug-likeness (QED) is 0.630. The Morgan fingerprint density at radius 1 is 1.00 bits per heavy atom. The molecule has 27 heavy (non-hydrogen) atoms. The zero-order valence-electron chi connectivity index (χ0n) is 14.8. The van der Waals surface area contributed by atoms with Crippen molar-refractivity contribution < 1.29 is 27.4 Å². The molecule has 0 saturated heterocycles. The van der Waals surface area contributed by atoms with Crippen LogP contribution in [0, 0.1) is 0 Å². The van der Waals surface area contributed by atoms with Crippen molar-refractivity contribution in [2.75, 3.05) is 0 Å². The van der Waals surface area contributed by atoms with Crippen LogP contribution in [0.25, 0.3) is 11.0 Å². The lowest BCUT2D eigenvalue weighted by Gasteiger charge is -2.19. The van der Waals surface area contributed by atoms with Crippen LogP contribution >= 0.6 is 0 Å². The van der Waals surface area contributed by atoms with Crippen molar-refractivity contribution in [1.82, 2.24) is 0 Å². The van der Waals surface area contributed by atoms with Crippen LogP contribution in [0.15, 0.2) is 51.7 Å². The van der Waals surface area contributed by atoms with Gasteiger partial charge in [-0.05, 0) is 35.2 Å². The number of phenols is 1. The minimum atomic E-state index is -4.94. The Morgan fingerprint density at radius 2 is 1.63 bits per heavy atom. The van der Waals surface area contributed by atoms with Crippen molar-refractivity contribution in [1.29, 1.82) is 0 Å². The molecule has 0 aliphatic carbocycles. The normalized spacial score (nSPS) is 12.4. The SMILES string of the molecule is CC(C)(C)c1ccc(Oc2c(C(F)(F)F)oc3cc(O)ccc3c2=O)cc1. The molecule has 0 amide bonds. The molecule has 3 rings (SSSR count). The van der Waals surface area contributed by atoms with E-state index in [0.29, 0.717) is 0 Å². The van der Waals surface area contributed by atoms with E-state index in [1.54, 1.807) is 12.1 Å². The molecule has 142 valence electrons. The fourth-order valence-electron chi connectivity index (χ4n) is 2.58. The molecule has 0 bridgehead atoms. The minimum absolute atomic E-state index is 0.0823. The first-order valence-electron chi connectivity index (χ1n) is 8.12. The van der Waals surface area contributed by atoms with Gasteiger partial charge in [-0.3, -0.25) is 4.79 Å². The molecule has 0 saturated carbocycles. The molecule has 1 heterocycles. The van der Waals surface area contributed by atoms with E-state index in [1.165, 1.54) is 24.3 Å². The first-order chi connectivity index (χ1) is 12.5. The molecular weight excluding hydrogens is 361 g/mol. The van der Waals surface area contributed by atoms with Crippen molar-refractivity contribution in [3.63, 3.8) is 0 Å². The average Bonchev–Trinajstić information content (AvgIpc) is 2.55. The highest BCUT2D eigenvalue weighted by Gasteiger charge is 2.40. The number of fused-ring (bicyclic) bond motifs is 1. The molecule has 0 atom stereocenters. The van der Waals surface area contributed by atoms with Gasteiger partial charge in [-0.25, -0.2) is 0 Å². The fourth-order valence-corrected chi connectivity index (χ4v) is 2.58. The van der Waals surface area contributed by atoms with Gasteiger partial charge in [0.15, 0.2) is 0 Å². The second-order valence-corrected chi connectivity index (χ2v) is 7.14. The zero-order valence-corrected chi connectivity index (χ0v) is 14.8. The maximum Gasteiger partial charge on any atom is 0.453 e. The monoisotopic (exact) mass is 378 g/mol. The summed E-state index contributed by atoms with van der Waals surface area (Å²) in [6.45, 7) is 5.99. The van der Waals surface area contributed by atoms with Gasteiger partial charge in [0.25, 0.3) is 5.76 Å². The first kappa shape index (κ1) is 18.8. The van der Waals surface area contributed by atoms with E-state index >= 15 is 0 Å². The lowest BCUT2D eigenvalue weighted by atomic mass is 9.87. The summed E-state index contributed by atoms with van der Waals surface area (Å²) < 4.78 is 50.4. The predicted octanol–water partition coefficient (Wildman–Crippen LogP) is 5.61. The third kappa shape index (κ3) is 3.77. The maximum atomic E-state index is 13.4. The number of phenolic OH excluding ortho intramolecular Hbond substituents is 1. The Kier molecular flexibility index (Phi) is 4.41. The summed E-state index contributed by atoms with van der Waals surface area (Å²) >= 11 is 0. The number of ether oxygens (including phenoxy) is 1. The Morgan fingerprint density at radius 3 is 2.19 bits per heavy atom. The molecule has 2 aromatic carbocycles. The number of halogens is 3. The van der Waals surface area contributed by atoms with Crippen LogP contribution in [0.3, 0.4) is 0 Å². The molecule has 3 aromatic rings. The maximum absolute atomic E-state index is 13.4. The topological polar surface area (TPSA) is 59.7 Å². The van der Waals surface area contributed by atoms with Crippen molar-refractivity contribution in [2.24, 2.45) is 0 Å². The van der Waals surface area contributed by atoms with Gasteiger partial charge >= 0.3 is 6.18 Å². The van der Waals surface area contributed by atoms with E-state index in [-0.39, 0.29) is 27.9 Å². The van der Waals surface area contributed by atoms with Gasteiger partial charge < -0.3 is 14.3 Å². The second kappa shape index (κ2) is 6.33. The highest BCUT2D eigenvalue weighted by molar-refractivity contribution is 5.79. The molecule has 1 aromatic heterocycles. The van der Waals surface area contributed by atoms with E-state index in [2.05, 4.69) is 0 Å². The highest BCUT2D eigenvalue weighted by Crippen LogP contribution is 2.38. The van der Waals surface area contributed by atoms with Crippen LogP contribution in [0.1, 0.15) is 32.1 Å². The molecule has 0 spiro atoms. The van der Waals surface area contributed by atoms with Gasteiger partial charge in [-0.1, -0.05) is 32.9 Å². The molecule has 0 radical (unpaired) electrons. The van der Waals surface area contributed by atoms with Gasteiger partial charge in [0.05, 0.1) is 5.39 Å². The fraction of sp³-hybridized carbons (Fsp3) is 0.250. The van der Waals surface area contributed by atoms with Crippen LogP contribution in [0.4, 0.5) is 13.2 Å². The van der Waals surface area contributed by atoms with E-state index in [0.717, 1.165) is 11.6 Å². The van der Waals surface area contributed by atoms with E-state index in [1.807, 2.05) is 20.8 Å². The minimum Gasteiger partial charge on any atom is -0.508 e. The average molecular weight is 378 g/mol. The van der Waals surface area contributed by atoms with Crippen molar-refractivity contribution in [3.05, 3.63) is 64.0 Å². The van der Waals surface area contributed by atoms with Gasteiger partial charge in [-0.2, -0.15) is 13.2 Å². The number of benzene rings is 2. The highest BCUT2D eigenvalue weighted by atomic mass is 19.4. The molecule has 4 nitrogen and oxygen atoms in total. The summed E-state index contributed by atoms with van der Waals surface area (Å²) in [7, 11) is 0. The number of alkyl halides is 3. The Hall–Kier alpha value is -2.96. The summed E-state index contributed by atoms with van der Waals surface area (Å²) in [6, 6.07) is 9.78. The van der Waals surface area contributed by atoms with Gasteiger partial charge in [0.2, 0.25) is 11.2 Å². The van der Waals surface area contributed by atoms with Crippen LogP contribution in [0.2, 0.25) is 0 Å². The third-order valence-corrected chi connectivity index (χ3v) is 4.03. The van der Waals surface area contributed by atoms with Crippen LogP contribution < -0.4 is 10.2 Å². The van der Waals surface area contributed by atoms with E-state index in [4.69, 9.17) is 9.15 Å². The smallest absolute Gasteiger partial charge is 0.453 e. The molecule has 0 aliphatic rings. The Balaban J connectivity index is 2.14. The van der Waals surface area contributed by atoms with Gasteiger partial charge in [0.1, 0.15) is 17.1 Å². The second-order valence-electron chi connectivity index (χ2n) is 7.14. The summed E-state index contributed by atoms with van der Waals surface area (Å²) in [5, 5.41) is 9.31. The van der Waals surface area contributed by atoms with Crippen LogP contribution in [-0.2, 0) is 11.6 Å². The standard InChI is InChI=1S/C20H17F3O4/c1-19(2,3)11-4-7-13(8-5-11)26-17-16(25)14-9-6-12(24)10-15(14)27-18(17)20(21,22)23/h4-10,24H,1-3H3. The first-order valence-corrected chi connectivity index (χ1v) is 8.12. The lowest BCUT2D eigenvalue weighted by Crippen LogP contribution is -2.15. The van der Waals surface area contributed by atoms with Crippen LogP contribution in [0.5, 0.6) is 17.2 Å². The van der Waals surface area contributed by atoms with Crippen molar-refractivity contribution in [3.8, 4) is 17.2 Å². The molecule has 7 heteroatoms. The van der Waals surface area contributed by atoms with Gasteiger partial charge in [0, 0.05) is 6.07 Å². The zero-order chi connectivity index (χ0) is 20.0. The Labute approximate surface area is 152 Å². The molecule has 0 aliphatic heterocycles. The number of hydrogen-bond acceptors (Lipinski definition) is 4. The summed E-state index contributed by atoms with van der Waals surface area (Å²) in [5.41, 5.74) is -0.516. The molecule has 1 N–H and O–H groups in total. The molecular formula is C20H17F3O4. The summed E-state index contributed by atoms with van der Waals surface area (Å²) in [6.07, 6.45) is -4.94. The van der Waals surface area contributed by atoms with E-state index in [9.17, 15) is 23.1 Å². The van der Waals surface area contributed by atoms with Crippen LogP contribution in [-0.4, -0.2) is 5.11 Å². The predicted molar refractivity (Wildman–Crippen MR) is 94.4 cm³/mol. The summed E-state index contributed by atoms with van der Waals surface area (Å²) in [4.78, 5) is 12.6. The Bertz CT molecular complexity index is 1040. The summed E-state index contributed by atoms with van der Waals surface area (Å²) in [5.74, 6) is -2.72. The molecule has 0 unspecified atom stereocenters.